The average molecular weight is 447 g/mol. The summed E-state index contributed by atoms with van der Waals surface area (Å²) in [5.74, 6) is -0.467. The van der Waals surface area contributed by atoms with Gasteiger partial charge in [0.05, 0.1) is 0 Å². The van der Waals surface area contributed by atoms with Crippen molar-refractivity contribution in [2.24, 2.45) is 5.41 Å². The fourth-order valence-corrected chi connectivity index (χ4v) is 4.56. The summed E-state index contributed by atoms with van der Waals surface area (Å²) in [4.78, 5) is 10.7. The molecule has 1 atom stereocenters. The maximum absolute atomic E-state index is 10.7. The number of carboxylic acid groups (broad SMARTS) is 1. The molecule has 0 spiro atoms. The van der Waals surface area contributed by atoms with Crippen molar-refractivity contribution in [1.29, 1.82) is 0 Å². The van der Waals surface area contributed by atoms with E-state index >= 15 is 0 Å². The van der Waals surface area contributed by atoms with Crippen molar-refractivity contribution < 1.29 is 19.7 Å². The van der Waals surface area contributed by atoms with Gasteiger partial charge in [-0.2, -0.15) is 0 Å². The zero-order chi connectivity index (χ0) is 21.7. The van der Waals surface area contributed by atoms with Crippen LogP contribution in [0, 0.1) is 5.41 Å². The van der Waals surface area contributed by atoms with Crippen molar-refractivity contribution in [2.75, 3.05) is 6.61 Å². The molecule has 6 heteroatoms. The number of carbonyl (C=O) groups is 1. The first-order valence-electron chi connectivity index (χ1n) is 9.83. The lowest BCUT2D eigenvalue weighted by Gasteiger charge is -2.35. The first kappa shape index (κ1) is 22.3. The molecule has 0 aliphatic heterocycles. The van der Waals surface area contributed by atoms with Crippen molar-refractivity contribution >= 4 is 34.7 Å². The molecule has 3 rings (SSSR count). The monoisotopic (exact) mass is 446 g/mol. The lowest BCUT2D eigenvalue weighted by atomic mass is 9.69. The maximum Gasteiger partial charge on any atom is 0.341 e. The molecule has 2 N–H and O–H groups in total. The van der Waals surface area contributed by atoms with E-state index in [0.29, 0.717) is 28.6 Å². The van der Waals surface area contributed by atoms with Crippen LogP contribution in [0.5, 0.6) is 5.75 Å². The summed E-state index contributed by atoms with van der Waals surface area (Å²) >= 11 is 13.0. The summed E-state index contributed by atoms with van der Waals surface area (Å²) in [5, 5.41) is 20.2. The first-order valence-corrected chi connectivity index (χ1v) is 10.6. The average Bonchev–Trinajstić information content (AvgIpc) is 2.72. The quantitative estimate of drug-likeness (QED) is 0.472. The van der Waals surface area contributed by atoms with Crippen molar-refractivity contribution in [3.63, 3.8) is 0 Å². The lowest BCUT2D eigenvalue weighted by molar-refractivity contribution is -0.139. The number of ether oxygens (including phenoxy) is 1. The van der Waals surface area contributed by atoms with Gasteiger partial charge in [0.1, 0.15) is 11.5 Å². The normalized spacial score (nSPS) is 18.5. The lowest BCUT2D eigenvalue weighted by Crippen LogP contribution is -2.25. The second-order valence-electron chi connectivity index (χ2n) is 7.58. The molecular formula is C24H24Cl2O4. The molecule has 0 aromatic heterocycles. The fourth-order valence-electron chi connectivity index (χ4n) is 3.96. The molecule has 2 aromatic rings. The van der Waals surface area contributed by atoms with Crippen LogP contribution in [-0.4, -0.2) is 22.8 Å². The van der Waals surface area contributed by atoms with Gasteiger partial charge in [-0.3, -0.25) is 0 Å². The van der Waals surface area contributed by atoms with Gasteiger partial charge in [-0.1, -0.05) is 73.0 Å². The first-order chi connectivity index (χ1) is 14.3. The van der Waals surface area contributed by atoms with E-state index in [1.54, 1.807) is 18.2 Å². The van der Waals surface area contributed by atoms with E-state index in [9.17, 15) is 9.90 Å². The minimum absolute atomic E-state index is 0.247. The number of aliphatic carboxylic acids is 1. The van der Waals surface area contributed by atoms with E-state index in [1.807, 2.05) is 30.3 Å². The highest BCUT2D eigenvalue weighted by Crippen LogP contribution is 2.46. The maximum atomic E-state index is 10.7. The Balaban J connectivity index is 1.91. The molecule has 0 amide bonds. The van der Waals surface area contributed by atoms with Gasteiger partial charge in [-0.05, 0) is 54.0 Å². The van der Waals surface area contributed by atoms with Gasteiger partial charge in [0.2, 0.25) is 0 Å². The van der Waals surface area contributed by atoms with Crippen molar-refractivity contribution in [2.45, 2.75) is 32.6 Å². The largest absolute Gasteiger partial charge is 0.508 e. The van der Waals surface area contributed by atoms with E-state index in [1.165, 1.54) is 0 Å². The Morgan fingerprint density at radius 1 is 1.17 bits per heavy atom. The number of rotatable bonds is 8. The van der Waals surface area contributed by atoms with Gasteiger partial charge < -0.3 is 14.9 Å². The van der Waals surface area contributed by atoms with E-state index in [0.717, 1.165) is 29.5 Å². The van der Waals surface area contributed by atoms with Crippen molar-refractivity contribution in [3.8, 4) is 5.75 Å². The molecule has 0 radical (unpaired) electrons. The smallest absolute Gasteiger partial charge is 0.341 e. The van der Waals surface area contributed by atoms with E-state index in [4.69, 9.17) is 33.0 Å². The minimum atomic E-state index is -1.07. The van der Waals surface area contributed by atoms with Crippen LogP contribution in [0.1, 0.15) is 37.3 Å². The Morgan fingerprint density at radius 2 is 1.83 bits per heavy atom. The predicted octanol–water partition coefficient (Wildman–Crippen LogP) is 6.72. The summed E-state index contributed by atoms with van der Waals surface area (Å²) in [5.41, 5.74) is 2.44. The number of aliphatic hydroxyl groups is 1. The predicted molar refractivity (Wildman–Crippen MR) is 120 cm³/mol. The Bertz CT molecular complexity index is 959. The van der Waals surface area contributed by atoms with Crippen LogP contribution in [0.4, 0.5) is 0 Å². The Hall–Kier alpha value is -2.43. The van der Waals surface area contributed by atoms with Gasteiger partial charge in [-0.15, -0.1) is 0 Å². The van der Waals surface area contributed by atoms with E-state index in [2.05, 4.69) is 13.0 Å². The van der Waals surface area contributed by atoms with Gasteiger partial charge in [0, 0.05) is 15.6 Å². The van der Waals surface area contributed by atoms with Gasteiger partial charge >= 0.3 is 5.97 Å². The van der Waals surface area contributed by atoms with Crippen LogP contribution in [-0.2, 0) is 11.2 Å². The van der Waals surface area contributed by atoms with Gasteiger partial charge in [0.25, 0.3) is 0 Å². The molecule has 0 heterocycles. The number of hydrogen-bond acceptors (Lipinski definition) is 3. The van der Waals surface area contributed by atoms with E-state index < -0.39 is 12.6 Å². The number of aliphatic hydroxyl groups excluding tert-OH is 1. The number of carboxylic acids is 1. The molecular weight excluding hydrogens is 423 g/mol. The highest BCUT2D eigenvalue weighted by Gasteiger charge is 2.33. The fraction of sp³-hybridized carbons (Fsp3) is 0.292. The van der Waals surface area contributed by atoms with E-state index in [-0.39, 0.29) is 11.2 Å². The highest BCUT2D eigenvalue weighted by atomic mass is 35.5. The summed E-state index contributed by atoms with van der Waals surface area (Å²) in [6.07, 6.45) is 6.95. The third-order valence-electron chi connectivity index (χ3n) is 5.31. The van der Waals surface area contributed by atoms with Gasteiger partial charge in [0.15, 0.2) is 6.61 Å². The van der Waals surface area contributed by atoms with Crippen LogP contribution < -0.4 is 4.74 Å². The molecule has 4 nitrogen and oxygen atoms in total. The molecule has 0 bridgehead atoms. The summed E-state index contributed by atoms with van der Waals surface area (Å²) in [7, 11) is 0. The summed E-state index contributed by atoms with van der Waals surface area (Å²) in [6, 6.07) is 13.1. The minimum Gasteiger partial charge on any atom is -0.508 e. The van der Waals surface area contributed by atoms with Crippen LogP contribution in [0.25, 0.3) is 5.57 Å². The Morgan fingerprint density at radius 3 is 2.43 bits per heavy atom. The van der Waals surface area contributed by atoms with Crippen LogP contribution in [0.2, 0.25) is 10.0 Å². The number of benzene rings is 2. The van der Waals surface area contributed by atoms with Crippen molar-refractivity contribution in [3.05, 3.63) is 81.5 Å². The summed E-state index contributed by atoms with van der Waals surface area (Å²) < 4.78 is 5.21. The standard InChI is InChI=1S/C24H24Cl2O4/c1-2-9-24(10-8-22(27)18(13-24)16-6-4-3-5-7-16)14-19-20(25)11-17(12-21(19)26)30-15-23(28)29/h3-8,10-12,27H,2,9,13-15H2,1H3,(H,28,29). The summed E-state index contributed by atoms with van der Waals surface area (Å²) in [6.45, 7) is 1.67. The van der Waals surface area contributed by atoms with Crippen LogP contribution in [0.15, 0.2) is 60.4 Å². The number of halogens is 2. The Kier molecular flexibility index (Phi) is 7.11. The van der Waals surface area contributed by atoms with Crippen LogP contribution in [0.3, 0.4) is 0 Å². The van der Waals surface area contributed by atoms with Crippen molar-refractivity contribution in [1.82, 2.24) is 0 Å². The number of allylic oxidation sites excluding steroid dienone is 3. The third-order valence-corrected chi connectivity index (χ3v) is 5.98. The highest BCUT2D eigenvalue weighted by molar-refractivity contribution is 6.36. The molecule has 1 aliphatic carbocycles. The third kappa shape index (κ3) is 5.18. The molecule has 0 saturated carbocycles. The number of hydrogen-bond donors (Lipinski definition) is 2. The van der Waals surface area contributed by atoms with Crippen LogP contribution >= 0.6 is 23.2 Å². The zero-order valence-electron chi connectivity index (χ0n) is 16.7. The second-order valence-corrected chi connectivity index (χ2v) is 8.39. The SMILES string of the molecule is CCCC1(Cc2c(Cl)cc(OCC(=O)O)cc2Cl)C=CC(O)=C(c2ccccc2)C1. The molecule has 2 aromatic carbocycles. The molecule has 1 unspecified atom stereocenters. The van der Waals surface area contributed by atoms with Gasteiger partial charge in [-0.25, -0.2) is 4.79 Å². The molecule has 30 heavy (non-hydrogen) atoms. The molecule has 0 fully saturated rings. The molecule has 0 saturated heterocycles. The second kappa shape index (κ2) is 9.59. The molecule has 158 valence electrons. The molecule has 1 aliphatic rings. The Labute approximate surface area is 186 Å². The zero-order valence-corrected chi connectivity index (χ0v) is 18.2. The topological polar surface area (TPSA) is 66.8 Å².